The number of nitrogens with zero attached hydrogens (tertiary/aromatic N) is 4. The summed E-state index contributed by atoms with van der Waals surface area (Å²) < 4.78 is 7.99. The van der Waals surface area contributed by atoms with Gasteiger partial charge in [0.05, 0.1) is 24.6 Å². The minimum Gasteiger partial charge on any atom is -0.376 e. The molecule has 1 N–H and O–H groups in total. The minimum absolute atomic E-state index is 0.529. The average molecular weight is 432 g/mol. The van der Waals surface area contributed by atoms with E-state index in [2.05, 4.69) is 65.5 Å². The van der Waals surface area contributed by atoms with Crippen LogP contribution in [0.25, 0.3) is 5.69 Å². The number of ether oxygens (including phenoxy) is 1. The molecule has 1 aliphatic heterocycles. The van der Waals surface area contributed by atoms with E-state index >= 15 is 0 Å². The maximum Gasteiger partial charge on any atom is 0.193 e. The second-order valence-corrected chi connectivity index (χ2v) is 8.40. The zero-order chi connectivity index (χ0) is 22.3. The summed E-state index contributed by atoms with van der Waals surface area (Å²) in [6.45, 7) is 8.34. The molecule has 1 unspecified atom stereocenters. The molecule has 2 heterocycles. The van der Waals surface area contributed by atoms with E-state index in [1.165, 1.54) is 11.1 Å². The number of guanidine groups is 1. The summed E-state index contributed by atoms with van der Waals surface area (Å²) in [6, 6.07) is 20.6. The Labute approximate surface area is 190 Å². The first-order valence-corrected chi connectivity index (χ1v) is 11.3. The van der Waals surface area contributed by atoms with Crippen LogP contribution in [0.5, 0.6) is 0 Å². The molecule has 3 aromatic rings. The highest BCUT2D eigenvalue weighted by atomic mass is 16.5. The van der Waals surface area contributed by atoms with Crippen LogP contribution in [0.15, 0.2) is 65.7 Å². The molecule has 0 amide bonds. The molecule has 0 radical (unpaired) electrons. The second kappa shape index (κ2) is 10.5. The topological polar surface area (TPSA) is 54.7 Å². The van der Waals surface area contributed by atoms with E-state index in [1.807, 2.05) is 36.0 Å². The first-order chi connectivity index (χ1) is 15.7. The van der Waals surface area contributed by atoms with E-state index < -0.39 is 0 Å². The van der Waals surface area contributed by atoms with E-state index in [4.69, 9.17) is 9.84 Å². The third-order valence-corrected chi connectivity index (χ3v) is 6.13. The van der Waals surface area contributed by atoms with Crippen molar-refractivity contribution in [3.63, 3.8) is 0 Å². The molecule has 0 aliphatic carbocycles. The van der Waals surface area contributed by atoms with Crippen LogP contribution < -0.4 is 5.32 Å². The highest BCUT2D eigenvalue weighted by Gasteiger charge is 2.25. The summed E-state index contributed by atoms with van der Waals surface area (Å²) in [4.78, 5) is 6.87. The molecule has 2 aromatic carbocycles. The Bertz CT molecular complexity index is 1030. The van der Waals surface area contributed by atoms with Crippen LogP contribution in [0.4, 0.5) is 0 Å². The van der Waals surface area contributed by atoms with Crippen molar-refractivity contribution in [2.24, 2.45) is 10.9 Å². The van der Waals surface area contributed by atoms with Crippen LogP contribution in [0.1, 0.15) is 28.9 Å². The van der Waals surface area contributed by atoms with Crippen molar-refractivity contribution in [3.05, 3.63) is 83.2 Å². The Kier molecular flexibility index (Phi) is 7.22. The summed E-state index contributed by atoms with van der Waals surface area (Å²) in [5.74, 6) is 1.48. The largest absolute Gasteiger partial charge is 0.376 e. The molecule has 168 valence electrons. The lowest BCUT2D eigenvalue weighted by molar-refractivity contribution is 0.0906. The van der Waals surface area contributed by atoms with Gasteiger partial charge in [-0.25, -0.2) is 4.68 Å². The predicted molar refractivity (Wildman–Crippen MR) is 129 cm³/mol. The maximum atomic E-state index is 5.97. The van der Waals surface area contributed by atoms with E-state index in [0.29, 0.717) is 19.1 Å². The van der Waals surface area contributed by atoms with Gasteiger partial charge in [0.2, 0.25) is 0 Å². The lowest BCUT2D eigenvalue weighted by Gasteiger charge is -2.22. The molecule has 4 rings (SSSR count). The summed E-state index contributed by atoms with van der Waals surface area (Å²) in [5.41, 5.74) is 5.73. The van der Waals surface area contributed by atoms with Gasteiger partial charge in [-0.15, -0.1) is 0 Å². The van der Waals surface area contributed by atoms with Crippen molar-refractivity contribution in [3.8, 4) is 5.69 Å². The molecule has 6 nitrogen and oxygen atoms in total. The zero-order valence-electron chi connectivity index (χ0n) is 19.3. The normalized spacial score (nSPS) is 16.5. The van der Waals surface area contributed by atoms with Crippen LogP contribution in [-0.2, 0) is 17.9 Å². The molecule has 0 saturated carbocycles. The highest BCUT2D eigenvalue weighted by molar-refractivity contribution is 5.80. The third-order valence-electron chi connectivity index (χ3n) is 6.13. The smallest absolute Gasteiger partial charge is 0.193 e. The van der Waals surface area contributed by atoms with Gasteiger partial charge in [0.25, 0.3) is 0 Å². The SMILES string of the molecule is CN=C(NCc1c(C)nn(-c2ccccc2)c1C)N1CCC(COCc2ccccc2)C1. The van der Waals surface area contributed by atoms with Crippen LogP contribution in [0, 0.1) is 19.8 Å². The molecule has 1 fully saturated rings. The Morgan fingerprint density at radius 2 is 1.81 bits per heavy atom. The number of benzene rings is 2. The van der Waals surface area contributed by atoms with Crippen molar-refractivity contribution in [2.75, 3.05) is 26.7 Å². The number of rotatable bonds is 7. The molecule has 1 atom stereocenters. The number of aliphatic imine (C=N–C) groups is 1. The highest BCUT2D eigenvalue weighted by Crippen LogP contribution is 2.20. The molecule has 0 bridgehead atoms. The molecular weight excluding hydrogens is 398 g/mol. The molecule has 6 heteroatoms. The summed E-state index contributed by atoms with van der Waals surface area (Å²) in [5, 5.41) is 8.32. The lowest BCUT2D eigenvalue weighted by atomic mass is 10.1. The van der Waals surface area contributed by atoms with Gasteiger partial charge in [-0.2, -0.15) is 5.10 Å². The fourth-order valence-corrected chi connectivity index (χ4v) is 4.33. The number of hydrogen-bond donors (Lipinski definition) is 1. The zero-order valence-corrected chi connectivity index (χ0v) is 19.3. The Balaban J connectivity index is 1.30. The minimum atomic E-state index is 0.529. The van der Waals surface area contributed by atoms with E-state index in [9.17, 15) is 0 Å². The number of para-hydroxylation sites is 1. The van der Waals surface area contributed by atoms with E-state index in [0.717, 1.165) is 49.2 Å². The van der Waals surface area contributed by atoms with Crippen molar-refractivity contribution < 1.29 is 4.74 Å². The fourth-order valence-electron chi connectivity index (χ4n) is 4.33. The summed E-state index contributed by atoms with van der Waals surface area (Å²) in [7, 11) is 1.86. The first-order valence-electron chi connectivity index (χ1n) is 11.3. The molecule has 1 saturated heterocycles. The molecule has 32 heavy (non-hydrogen) atoms. The van der Waals surface area contributed by atoms with Crippen LogP contribution in [-0.4, -0.2) is 47.4 Å². The van der Waals surface area contributed by atoms with Crippen LogP contribution in [0.2, 0.25) is 0 Å². The number of likely N-dealkylation sites (tertiary alicyclic amines) is 1. The van der Waals surface area contributed by atoms with Gasteiger partial charge in [-0.05, 0) is 38.0 Å². The Morgan fingerprint density at radius 1 is 1.09 bits per heavy atom. The van der Waals surface area contributed by atoms with Gasteiger partial charge in [-0.1, -0.05) is 48.5 Å². The van der Waals surface area contributed by atoms with Crippen LogP contribution >= 0.6 is 0 Å². The van der Waals surface area contributed by atoms with Crippen LogP contribution in [0.3, 0.4) is 0 Å². The number of hydrogen-bond acceptors (Lipinski definition) is 3. The first kappa shape index (κ1) is 22.1. The van der Waals surface area contributed by atoms with Crippen molar-refractivity contribution >= 4 is 5.96 Å². The van der Waals surface area contributed by atoms with Gasteiger partial charge >= 0.3 is 0 Å². The van der Waals surface area contributed by atoms with Gasteiger partial charge in [0.15, 0.2) is 5.96 Å². The van der Waals surface area contributed by atoms with Gasteiger partial charge in [0, 0.05) is 43.9 Å². The predicted octanol–water partition coefficient (Wildman–Crippen LogP) is 4.10. The van der Waals surface area contributed by atoms with Gasteiger partial charge in [0.1, 0.15) is 0 Å². The number of nitrogens with one attached hydrogen (secondary N) is 1. The average Bonchev–Trinajstić information content (AvgIpc) is 3.40. The summed E-state index contributed by atoms with van der Waals surface area (Å²) >= 11 is 0. The Hall–Kier alpha value is -3.12. The van der Waals surface area contributed by atoms with Crippen molar-refractivity contribution in [2.45, 2.75) is 33.4 Å². The fraction of sp³-hybridized carbons (Fsp3) is 0.385. The maximum absolute atomic E-state index is 5.97. The molecule has 1 aliphatic rings. The van der Waals surface area contributed by atoms with Gasteiger partial charge in [-0.3, -0.25) is 4.99 Å². The summed E-state index contributed by atoms with van der Waals surface area (Å²) in [6.07, 6.45) is 1.12. The quantitative estimate of drug-likeness (QED) is 0.452. The van der Waals surface area contributed by atoms with Gasteiger partial charge < -0.3 is 15.0 Å². The monoisotopic (exact) mass is 431 g/mol. The Morgan fingerprint density at radius 3 is 2.53 bits per heavy atom. The van der Waals surface area contributed by atoms with E-state index in [-0.39, 0.29) is 0 Å². The molecular formula is C26H33N5O. The molecule has 1 aromatic heterocycles. The number of aryl methyl sites for hydroxylation is 1. The van der Waals surface area contributed by atoms with Crippen molar-refractivity contribution in [1.29, 1.82) is 0 Å². The lowest BCUT2D eigenvalue weighted by Crippen LogP contribution is -2.40. The van der Waals surface area contributed by atoms with E-state index in [1.54, 1.807) is 0 Å². The van der Waals surface area contributed by atoms with Crippen molar-refractivity contribution in [1.82, 2.24) is 20.0 Å². The second-order valence-electron chi connectivity index (χ2n) is 8.40. The standard InChI is InChI=1S/C26H33N5O/c1-20-25(21(2)31(29-20)24-12-8-5-9-13-24)16-28-26(27-3)30-15-14-23(17-30)19-32-18-22-10-6-4-7-11-22/h4-13,23H,14-19H2,1-3H3,(H,27,28). The molecule has 0 spiro atoms. The third kappa shape index (κ3) is 5.19. The number of aromatic nitrogens is 2.